The molecule has 27 heavy (non-hydrogen) atoms. The van der Waals surface area contributed by atoms with Gasteiger partial charge in [-0.15, -0.1) is 0 Å². The van der Waals surface area contributed by atoms with Crippen LogP contribution in [0, 0.1) is 0 Å². The number of carbonyl (C=O) groups excluding carboxylic acids is 3. The number of halogens is 1. The zero-order valence-electron chi connectivity index (χ0n) is 15.2. The summed E-state index contributed by atoms with van der Waals surface area (Å²) in [5.41, 5.74) is 0.687. The van der Waals surface area contributed by atoms with Gasteiger partial charge >= 0.3 is 0 Å². The van der Waals surface area contributed by atoms with Crippen molar-refractivity contribution >= 4 is 46.5 Å². The topological polar surface area (TPSA) is 66.9 Å². The van der Waals surface area contributed by atoms with E-state index in [9.17, 15) is 14.4 Å². The van der Waals surface area contributed by atoms with Crippen LogP contribution in [-0.4, -0.2) is 52.6 Å². The number of carbonyl (C=O) groups is 3. The lowest BCUT2D eigenvalue weighted by Gasteiger charge is -2.18. The zero-order valence-corrected chi connectivity index (χ0v) is 16.8. The van der Waals surface area contributed by atoms with Crippen LogP contribution < -0.4 is 4.74 Å². The van der Waals surface area contributed by atoms with Crippen molar-refractivity contribution in [3.8, 4) is 5.75 Å². The average molecular weight is 409 g/mol. The largest absolute Gasteiger partial charge is 0.489 e. The predicted molar refractivity (Wildman–Crippen MR) is 106 cm³/mol. The summed E-state index contributed by atoms with van der Waals surface area (Å²) in [6.07, 6.45) is 3.53. The Labute approximate surface area is 167 Å². The molecule has 1 aromatic rings. The smallest absolute Gasteiger partial charge is 0.294 e. The van der Waals surface area contributed by atoms with Crippen LogP contribution in [-0.2, 0) is 9.59 Å². The Morgan fingerprint density at radius 2 is 2.00 bits per heavy atom. The summed E-state index contributed by atoms with van der Waals surface area (Å²) in [6.45, 7) is 4.99. The van der Waals surface area contributed by atoms with Crippen molar-refractivity contribution in [2.24, 2.45) is 0 Å². The Balaban J connectivity index is 1.72. The lowest BCUT2D eigenvalue weighted by molar-refractivity contribution is -0.135. The summed E-state index contributed by atoms with van der Waals surface area (Å²) in [7, 11) is 0. The second kappa shape index (κ2) is 8.35. The van der Waals surface area contributed by atoms with Gasteiger partial charge in [0.05, 0.1) is 16.0 Å². The first-order valence-corrected chi connectivity index (χ1v) is 10.0. The van der Waals surface area contributed by atoms with Crippen LogP contribution in [0.5, 0.6) is 5.75 Å². The van der Waals surface area contributed by atoms with Crippen LogP contribution in [0.25, 0.3) is 6.08 Å². The van der Waals surface area contributed by atoms with Crippen LogP contribution in [0.4, 0.5) is 4.79 Å². The summed E-state index contributed by atoms with van der Waals surface area (Å²) in [4.78, 5) is 40.0. The van der Waals surface area contributed by atoms with Crippen molar-refractivity contribution < 1.29 is 19.1 Å². The fourth-order valence-corrected chi connectivity index (χ4v) is 4.02. The van der Waals surface area contributed by atoms with Gasteiger partial charge in [0.1, 0.15) is 12.3 Å². The predicted octanol–water partition coefficient (Wildman–Crippen LogP) is 3.79. The maximum atomic E-state index is 12.6. The van der Waals surface area contributed by atoms with Crippen molar-refractivity contribution in [1.29, 1.82) is 0 Å². The highest BCUT2D eigenvalue weighted by molar-refractivity contribution is 8.18. The van der Waals surface area contributed by atoms with Crippen molar-refractivity contribution in [3.63, 3.8) is 0 Å². The van der Waals surface area contributed by atoms with Gasteiger partial charge < -0.3 is 9.64 Å². The van der Waals surface area contributed by atoms with Crippen molar-refractivity contribution in [1.82, 2.24) is 9.80 Å². The normalized spacial score (nSPS) is 18.9. The highest BCUT2D eigenvalue weighted by Crippen LogP contribution is 2.34. The summed E-state index contributed by atoms with van der Waals surface area (Å²) in [5, 5.41) is 0.00513. The summed E-state index contributed by atoms with van der Waals surface area (Å²) >= 11 is 7.06. The second-order valence-corrected chi connectivity index (χ2v) is 8.11. The van der Waals surface area contributed by atoms with Crippen LogP contribution in [0.2, 0.25) is 5.02 Å². The van der Waals surface area contributed by atoms with E-state index in [1.165, 1.54) is 0 Å². The zero-order chi connectivity index (χ0) is 19.6. The standard InChI is InChI=1S/C19H21ClN2O4S/c1-12(2)26-15-6-5-13(9-14(15)20)10-16-18(24)22(19(25)27-16)11-17(23)21-7-3-4-8-21/h5-6,9-10,12H,3-4,7-8,11H2,1-2H3/b16-10+. The third-order valence-electron chi connectivity index (χ3n) is 4.24. The van der Waals surface area contributed by atoms with E-state index in [1.807, 2.05) is 13.8 Å². The highest BCUT2D eigenvalue weighted by Gasteiger charge is 2.37. The number of likely N-dealkylation sites (tertiary alicyclic amines) is 1. The minimum atomic E-state index is -0.448. The van der Waals surface area contributed by atoms with Crippen LogP contribution in [0.1, 0.15) is 32.3 Å². The summed E-state index contributed by atoms with van der Waals surface area (Å²) in [6, 6.07) is 5.19. The molecular formula is C19H21ClN2O4S. The number of amides is 3. The van der Waals surface area contributed by atoms with Gasteiger partial charge in [0.2, 0.25) is 5.91 Å². The molecule has 0 radical (unpaired) electrons. The Bertz CT molecular complexity index is 803. The second-order valence-electron chi connectivity index (χ2n) is 6.71. The van der Waals surface area contributed by atoms with E-state index in [0.29, 0.717) is 29.4 Å². The van der Waals surface area contributed by atoms with Gasteiger partial charge in [-0.1, -0.05) is 17.7 Å². The van der Waals surface area contributed by atoms with E-state index >= 15 is 0 Å². The molecule has 3 amide bonds. The van der Waals surface area contributed by atoms with Gasteiger partial charge in [-0.05, 0) is 62.2 Å². The van der Waals surface area contributed by atoms with E-state index in [0.717, 1.165) is 29.5 Å². The molecule has 6 nitrogen and oxygen atoms in total. The molecule has 0 bridgehead atoms. The Kier molecular flexibility index (Phi) is 6.11. The molecule has 0 spiro atoms. The van der Waals surface area contributed by atoms with E-state index < -0.39 is 11.1 Å². The molecule has 2 heterocycles. The van der Waals surface area contributed by atoms with Gasteiger partial charge in [0.25, 0.3) is 11.1 Å². The molecule has 0 saturated carbocycles. The molecule has 2 aliphatic heterocycles. The van der Waals surface area contributed by atoms with Crippen molar-refractivity contribution in [3.05, 3.63) is 33.7 Å². The Morgan fingerprint density at radius 1 is 1.30 bits per heavy atom. The first kappa shape index (κ1) is 19.8. The van der Waals surface area contributed by atoms with Crippen molar-refractivity contribution in [2.75, 3.05) is 19.6 Å². The fourth-order valence-electron chi connectivity index (χ4n) is 2.95. The maximum Gasteiger partial charge on any atom is 0.294 e. The molecular weight excluding hydrogens is 388 g/mol. The fraction of sp³-hybridized carbons (Fsp3) is 0.421. The van der Waals surface area contributed by atoms with Crippen LogP contribution >= 0.6 is 23.4 Å². The number of ether oxygens (including phenoxy) is 1. The lowest BCUT2D eigenvalue weighted by atomic mass is 10.2. The summed E-state index contributed by atoms with van der Waals surface area (Å²) < 4.78 is 5.59. The Morgan fingerprint density at radius 3 is 2.63 bits per heavy atom. The van der Waals surface area contributed by atoms with E-state index in [1.54, 1.807) is 29.2 Å². The number of nitrogens with zero attached hydrogens (tertiary/aromatic N) is 2. The number of thioether (sulfide) groups is 1. The maximum absolute atomic E-state index is 12.6. The third-order valence-corrected chi connectivity index (χ3v) is 5.44. The average Bonchev–Trinajstić information content (AvgIpc) is 3.22. The quantitative estimate of drug-likeness (QED) is 0.693. The Hall–Kier alpha value is -1.99. The molecule has 1 aromatic carbocycles. The lowest BCUT2D eigenvalue weighted by Crippen LogP contribution is -2.40. The first-order chi connectivity index (χ1) is 12.8. The molecule has 2 fully saturated rings. The molecule has 0 aliphatic carbocycles. The van der Waals surface area contributed by atoms with Gasteiger partial charge in [-0.3, -0.25) is 19.3 Å². The van der Waals surface area contributed by atoms with Crippen molar-refractivity contribution in [2.45, 2.75) is 32.8 Å². The number of hydrogen-bond acceptors (Lipinski definition) is 5. The molecule has 8 heteroatoms. The minimum absolute atomic E-state index is 0.00186. The molecule has 0 unspecified atom stereocenters. The van der Waals surface area contributed by atoms with Gasteiger partial charge in [0, 0.05) is 13.1 Å². The highest BCUT2D eigenvalue weighted by atomic mass is 35.5. The number of benzene rings is 1. The molecule has 0 aromatic heterocycles. The molecule has 0 N–H and O–H groups in total. The first-order valence-electron chi connectivity index (χ1n) is 8.84. The molecule has 0 atom stereocenters. The molecule has 144 valence electrons. The van der Waals surface area contributed by atoms with E-state index in [-0.39, 0.29) is 23.5 Å². The third kappa shape index (κ3) is 4.65. The monoisotopic (exact) mass is 408 g/mol. The van der Waals surface area contributed by atoms with Gasteiger partial charge in [-0.25, -0.2) is 0 Å². The number of rotatable bonds is 5. The van der Waals surface area contributed by atoms with Gasteiger partial charge in [0.15, 0.2) is 0 Å². The van der Waals surface area contributed by atoms with E-state index in [2.05, 4.69) is 0 Å². The van der Waals surface area contributed by atoms with E-state index in [4.69, 9.17) is 16.3 Å². The van der Waals surface area contributed by atoms with Crippen LogP contribution in [0.3, 0.4) is 0 Å². The number of imide groups is 1. The minimum Gasteiger partial charge on any atom is -0.489 e. The SMILES string of the molecule is CC(C)Oc1ccc(/C=C2/SC(=O)N(CC(=O)N3CCCC3)C2=O)cc1Cl. The summed E-state index contributed by atoms with van der Waals surface area (Å²) in [5.74, 6) is -0.0708. The molecule has 3 rings (SSSR count). The van der Waals surface area contributed by atoms with Crippen LogP contribution in [0.15, 0.2) is 23.1 Å². The number of hydrogen-bond donors (Lipinski definition) is 0. The van der Waals surface area contributed by atoms with Gasteiger partial charge in [-0.2, -0.15) is 0 Å². The molecule has 2 aliphatic rings. The molecule has 2 saturated heterocycles.